The van der Waals surface area contributed by atoms with Crippen molar-refractivity contribution < 1.29 is 19.1 Å². The van der Waals surface area contributed by atoms with Gasteiger partial charge in [-0.05, 0) is 32.3 Å². The first kappa shape index (κ1) is 18.5. The summed E-state index contributed by atoms with van der Waals surface area (Å²) in [6.07, 6.45) is 4.18. The third kappa shape index (κ3) is 8.32. The topological polar surface area (TPSA) is 101 Å². The van der Waals surface area contributed by atoms with E-state index in [0.29, 0.717) is 18.4 Å². The molecule has 6 heteroatoms. The largest absolute Gasteiger partial charge is 0.330 e. The lowest BCUT2D eigenvalue weighted by Gasteiger charge is -2.21. The lowest BCUT2D eigenvalue weighted by molar-refractivity contribution is -0.115. The molecule has 4 N–H and O–H groups in total. The Morgan fingerprint density at radius 2 is 1.79 bits per heavy atom. The Hall–Kier alpha value is -0.480. The van der Waals surface area contributed by atoms with Gasteiger partial charge < -0.3 is 15.5 Å². The number of nitrogens with two attached hydrogens (primary N) is 1. The monoisotopic (exact) mass is 291 g/mol. The van der Waals surface area contributed by atoms with Gasteiger partial charge in [0.25, 0.3) is 0 Å². The molecule has 2 unspecified atom stereocenters. The van der Waals surface area contributed by atoms with Gasteiger partial charge in [0.1, 0.15) is 0 Å². The van der Waals surface area contributed by atoms with E-state index >= 15 is 0 Å². The quantitative estimate of drug-likeness (QED) is 0.326. The fourth-order valence-electron chi connectivity index (χ4n) is 1.94. The third-order valence-corrected chi connectivity index (χ3v) is 4.76. The molecule has 0 heterocycles. The standard InChI is InChI=1S/C13H26NO4P/c1-10(2)12(15)8-6-4-5-7-9-13(11(3)14)19(16,17)18/h11,13H,1,4-9,14H2,2-3H3,(H2,16,17,18). The summed E-state index contributed by atoms with van der Waals surface area (Å²) in [5, 5.41) is 0. The summed E-state index contributed by atoms with van der Waals surface area (Å²) in [5.41, 5.74) is 5.41. The van der Waals surface area contributed by atoms with Crippen molar-refractivity contribution in [3.05, 3.63) is 12.2 Å². The zero-order valence-corrected chi connectivity index (χ0v) is 12.7. The molecule has 2 atom stereocenters. The predicted octanol–water partition coefficient (Wildman–Crippen LogP) is 2.37. The van der Waals surface area contributed by atoms with Crippen LogP contribution in [0.3, 0.4) is 0 Å². The van der Waals surface area contributed by atoms with Gasteiger partial charge >= 0.3 is 7.60 Å². The molecule has 0 aliphatic rings. The molecule has 0 fully saturated rings. The van der Waals surface area contributed by atoms with Gasteiger partial charge in [0.2, 0.25) is 0 Å². The molecule has 19 heavy (non-hydrogen) atoms. The van der Waals surface area contributed by atoms with E-state index in [2.05, 4.69) is 6.58 Å². The van der Waals surface area contributed by atoms with E-state index in [1.165, 1.54) is 0 Å². The van der Waals surface area contributed by atoms with E-state index in [-0.39, 0.29) is 5.78 Å². The Labute approximate surface area is 115 Å². The first-order valence-corrected chi connectivity index (χ1v) is 8.34. The van der Waals surface area contributed by atoms with Gasteiger partial charge in [-0.2, -0.15) is 0 Å². The maximum atomic E-state index is 11.3. The molecule has 0 amide bonds. The second kappa shape index (κ2) is 8.64. The number of carbonyl (C=O) groups excluding carboxylic acids is 1. The lowest BCUT2D eigenvalue weighted by atomic mass is 10.0. The minimum Gasteiger partial charge on any atom is -0.327 e. The molecule has 112 valence electrons. The SMILES string of the molecule is C=C(C)C(=O)CCCCCCC(C(C)N)P(=O)(O)O. The molecule has 0 saturated carbocycles. The summed E-state index contributed by atoms with van der Waals surface area (Å²) in [5.74, 6) is 0.0867. The number of Topliss-reactive ketones (excluding diaryl/α,β-unsaturated/α-hetero) is 1. The first-order chi connectivity index (χ1) is 8.66. The van der Waals surface area contributed by atoms with Crippen molar-refractivity contribution in [2.75, 3.05) is 0 Å². The van der Waals surface area contributed by atoms with Gasteiger partial charge in [0.15, 0.2) is 5.78 Å². The fraction of sp³-hybridized carbons (Fsp3) is 0.769. The van der Waals surface area contributed by atoms with Crippen LogP contribution in [0.1, 0.15) is 52.4 Å². The number of hydrogen-bond donors (Lipinski definition) is 3. The summed E-state index contributed by atoms with van der Waals surface area (Å²) in [6.45, 7) is 6.91. The van der Waals surface area contributed by atoms with Gasteiger partial charge in [-0.25, -0.2) is 0 Å². The van der Waals surface area contributed by atoms with Crippen LogP contribution in [-0.4, -0.2) is 27.3 Å². The number of allylic oxidation sites excluding steroid dienone is 1. The Kier molecular flexibility index (Phi) is 8.42. The van der Waals surface area contributed by atoms with Gasteiger partial charge in [-0.3, -0.25) is 9.36 Å². The van der Waals surface area contributed by atoms with Crippen LogP contribution in [0.25, 0.3) is 0 Å². The average Bonchev–Trinajstić information content (AvgIpc) is 2.24. The number of carbonyl (C=O) groups is 1. The first-order valence-electron chi connectivity index (χ1n) is 6.65. The molecule has 0 aliphatic heterocycles. The second-order valence-corrected chi connectivity index (χ2v) is 7.01. The normalized spacial score (nSPS) is 15.0. The highest BCUT2D eigenvalue weighted by molar-refractivity contribution is 7.52. The van der Waals surface area contributed by atoms with Gasteiger partial charge in [0, 0.05) is 12.5 Å². The van der Waals surface area contributed by atoms with Crippen LogP contribution >= 0.6 is 7.60 Å². The number of rotatable bonds is 10. The molecule has 0 aliphatic carbocycles. The summed E-state index contributed by atoms with van der Waals surface area (Å²) in [4.78, 5) is 29.6. The maximum Gasteiger partial charge on any atom is 0.330 e. The van der Waals surface area contributed by atoms with E-state index in [1.807, 2.05) is 0 Å². The van der Waals surface area contributed by atoms with E-state index in [9.17, 15) is 9.36 Å². The number of ketones is 1. The molecule has 0 spiro atoms. The van der Waals surface area contributed by atoms with E-state index < -0.39 is 19.3 Å². The van der Waals surface area contributed by atoms with Crippen LogP contribution in [0.5, 0.6) is 0 Å². The van der Waals surface area contributed by atoms with Crippen molar-refractivity contribution >= 4 is 13.4 Å². The van der Waals surface area contributed by atoms with Crippen LogP contribution in [0.15, 0.2) is 12.2 Å². The zero-order chi connectivity index (χ0) is 15.1. The third-order valence-electron chi connectivity index (χ3n) is 3.17. The van der Waals surface area contributed by atoms with Crippen molar-refractivity contribution in [2.45, 2.75) is 64.1 Å². The van der Waals surface area contributed by atoms with Crippen molar-refractivity contribution in [1.82, 2.24) is 0 Å². The summed E-state index contributed by atoms with van der Waals surface area (Å²) in [7, 11) is -4.11. The maximum absolute atomic E-state index is 11.3. The van der Waals surface area contributed by atoms with Gasteiger partial charge in [-0.15, -0.1) is 0 Å². The van der Waals surface area contributed by atoms with Crippen LogP contribution in [0.4, 0.5) is 0 Å². The van der Waals surface area contributed by atoms with Gasteiger partial charge in [-0.1, -0.05) is 25.8 Å². The smallest absolute Gasteiger partial charge is 0.327 e. The molecule has 0 bridgehead atoms. The van der Waals surface area contributed by atoms with Crippen LogP contribution in [-0.2, 0) is 9.36 Å². The average molecular weight is 291 g/mol. The number of hydrogen-bond acceptors (Lipinski definition) is 3. The minimum absolute atomic E-state index is 0.0867. The molecule has 0 rings (SSSR count). The van der Waals surface area contributed by atoms with Gasteiger partial charge in [0.05, 0.1) is 5.66 Å². The van der Waals surface area contributed by atoms with Crippen molar-refractivity contribution in [3.8, 4) is 0 Å². The highest BCUT2D eigenvalue weighted by atomic mass is 31.2. The molecule has 0 aromatic heterocycles. The van der Waals surface area contributed by atoms with Crippen molar-refractivity contribution in [1.29, 1.82) is 0 Å². The van der Waals surface area contributed by atoms with Crippen molar-refractivity contribution in [2.24, 2.45) is 5.73 Å². The van der Waals surface area contributed by atoms with Crippen LogP contribution in [0.2, 0.25) is 0 Å². The molecule has 0 radical (unpaired) electrons. The van der Waals surface area contributed by atoms with Crippen molar-refractivity contribution in [3.63, 3.8) is 0 Å². The second-order valence-electron chi connectivity index (χ2n) is 5.17. The molecular weight excluding hydrogens is 265 g/mol. The summed E-state index contributed by atoms with van der Waals surface area (Å²) < 4.78 is 11.2. The Bertz CT molecular complexity index is 349. The Morgan fingerprint density at radius 3 is 2.21 bits per heavy atom. The predicted molar refractivity (Wildman–Crippen MR) is 77.0 cm³/mol. The van der Waals surface area contributed by atoms with E-state index in [1.54, 1.807) is 13.8 Å². The lowest BCUT2D eigenvalue weighted by Crippen LogP contribution is -2.31. The Balaban J connectivity index is 3.82. The summed E-state index contributed by atoms with van der Waals surface area (Å²) >= 11 is 0. The molecule has 0 saturated heterocycles. The van der Waals surface area contributed by atoms with Crippen LogP contribution < -0.4 is 5.73 Å². The van der Waals surface area contributed by atoms with E-state index in [0.717, 1.165) is 25.7 Å². The minimum atomic E-state index is -4.11. The molecule has 5 nitrogen and oxygen atoms in total. The number of unbranched alkanes of at least 4 members (excludes halogenated alkanes) is 3. The fourth-order valence-corrected chi connectivity index (χ4v) is 3.07. The highest BCUT2D eigenvalue weighted by Crippen LogP contribution is 2.44. The molecule has 0 aromatic carbocycles. The zero-order valence-electron chi connectivity index (χ0n) is 11.8. The molecular formula is C13H26NO4P. The highest BCUT2D eigenvalue weighted by Gasteiger charge is 2.31. The van der Waals surface area contributed by atoms with Crippen LogP contribution in [0, 0.1) is 0 Å². The van der Waals surface area contributed by atoms with E-state index in [4.69, 9.17) is 15.5 Å². The summed E-state index contributed by atoms with van der Waals surface area (Å²) in [6, 6.07) is -0.508. The molecule has 0 aromatic rings. The Morgan fingerprint density at radius 1 is 1.26 bits per heavy atom.